The smallest absolute Gasteiger partial charge is 0.219 e. The van der Waals surface area contributed by atoms with Gasteiger partial charge in [-0.2, -0.15) is 19.8 Å². The van der Waals surface area contributed by atoms with Gasteiger partial charge >= 0.3 is 0 Å². The lowest BCUT2D eigenvalue weighted by Crippen LogP contribution is -2.21. The minimum atomic E-state index is -0.189. The van der Waals surface area contributed by atoms with E-state index in [0.717, 1.165) is 39.0 Å². The monoisotopic (exact) mass is 418 g/mol. The Balaban J connectivity index is 1.68. The number of fused-ring (bicyclic) bond motifs is 4. The van der Waals surface area contributed by atoms with Crippen molar-refractivity contribution in [3.63, 3.8) is 0 Å². The lowest BCUT2D eigenvalue weighted by Gasteiger charge is -2.16. The van der Waals surface area contributed by atoms with E-state index in [4.69, 9.17) is 9.47 Å². The predicted octanol–water partition coefficient (Wildman–Crippen LogP) is 3.76. The maximum absolute atomic E-state index is 9.46. The summed E-state index contributed by atoms with van der Waals surface area (Å²) in [5.41, 5.74) is 5.11. The lowest BCUT2D eigenvalue weighted by atomic mass is 10.0. The van der Waals surface area contributed by atoms with Gasteiger partial charge in [-0.1, -0.05) is 6.07 Å². The van der Waals surface area contributed by atoms with E-state index in [9.17, 15) is 5.26 Å². The number of aromatic amines is 1. The molecule has 1 atom stereocenters. The number of aryl methyl sites for hydroxylation is 1. The Morgan fingerprint density at radius 3 is 3.10 bits per heavy atom. The summed E-state index contributed by atoms with van der Waals surface area (Å²) in [5, 5.41) is 22.3. The first-order valence-electron chi connectivity index (χ1n) is 9.45. The Morgan fingerprint density at radius 2 is 2.23 bits per heavy atom. The van der Waals surface area contributed by atoms with Crippen LogP contribution in [0.25, 0.3) is 34.2 Å². The van der Waals surface area contributed by atoms with Gasteiger partial charge in [-0.3, -0.25) is 5.10 Å². The highest BCUT2D eigenvalue weighted by Gasteiger charge is 2.18. The summed E-state index contributed by atoms with van der Waals surface area (Å²) in [7, 11) is 1.86. The van der Waals surface area contributed by atoms with Crippen molar-refractivity contribution in [1.29, 1.82) is 5.26 Å². The molecule has 150 valence electrons. The lowest BCUT2D eigenvalue weighted by molar-refractivity contribution is 0.0446. The Labute approximate surface area is 176 Å². The zero-order valence-electron chi connectivity index (χ0n) is 16.4. The first kappa shape index (κ1) is 18.5. The number of nitrogens with one attached hydrogen (secondary N) is 1. The average Bonchev–Trinajstić information content (AvgIpc) is 3.43. The van der Waals surface area contributed by atoms with E-state index < -0.39 is 0 Å². The molecule has 0 saturated heterocycles. The summed E-state index contributed by atoms with van der Waals surface area (Å²) in [4.78, 5) is 0.557. The largest absolute Gasteiger partial charge is 0.472 e. The van der Waals surface area contributed by atoms with Crippen LogP contribution in [0, 0.1) is 11.3 Å². The number of nitriles is 1. The van der Waals surface area contributed by atoms with Crippen molar-refractivity contribution in [3.05, 3.63) is 46.2 Å². The van der Waals surface area contributed by atoms with Crippen LogP contribution in [-0.4, -0.2) is 37.1 Å². The third kappa shape index (κ3) is 3.16. The van der Waals surface area contributed by atoms with Crippen LogP contribution in [0.1, 0.15) is 28.8 Å². The van der Waals surface area contributed by atoms with Crippen molar-refractivity contribution < 1.29 is 9.47 Å². The highest BCUT2D eigenvalue weighted by atomic mass is 32.1. The topological polar surface area (TPSA) is 102 Å². The van der Waals surface area contributed by atoms with E-state index in [-0.39, 0.29) is 6.10 Å². The minimum Gasteiger partial charge on any atom is -0.472 e. The van der Waals surface area contributed by atoms with E-state index in [2.05, 4.69) is 31.8 Å². The van der Waals surface area contributed by atoms with Crippen molar-refractivity contribution in [1.82, 2.24) is 24.4 Å². The van der Waals surface area contributed by atoms with Crippen molar-refractivity contribution in [2.45, 2.75) is 19.6 Å². The molecule has 0 radical (unpaired) electrons. The summed E-state index contributed by atoms with van der Waals surface area (Å²) < 4.78 is 18.2. The van der Waals surface area contributed by atoms with Gasteiger partial charge in [-0.15, -0.1) is 0 Å². The van der Waals surface area contributed by atoms with Crippen LogP contribution < -0.4 is 4.74 Å². The molecular formula is C21H18N6O2S. The van der Waals surface area contributed by atoms with E-state index in [1.165, 1.54) is 11.5 Å². The van der Waals surface area contributed by atoms with Gasteiger partial charge < -0.3 is 9.47 Å². The van der Waals surface area contributed by atoms with Crippen molar-refractivity contribution in [2.75, 3.05) is 6.61 Å². The van der Waals surface area contributed by atoms with E-state index in [1.54, 1.807) is 10.9 Å². The van der Waals surface area contributed by atoms with Gasteiger partial charge in [0.2, 0.25) is 5.88 Å². The Morgan fingerprint density at radius 1 is 1.33 bits per heavy atom. The number of benzene rings is 1. The zero-order chi connectivity index (χ0) is 20.7. The van der Waals surface area contributed by atoms with Crippen molar-refractivity contribution >= 4 is 34.6 Å². The molecule has 0 unspecified atom stereocenters. The van der Waals surface area contributed by atoms with Gasteiger partial charge in [0.1, 0.15) is 17.1 Å². The molecule has 1 N–H and O–H groups in total. The Hall–Kier alpha value is -3.48. The highest BCUT2D eigenvalue weighted by Crippen LogP contribution is 2.33. The van der Waals surface area contributed by atoms with E-state index in [1.807, 2.05) is 38.3 Å². The number of ether oxygens (including phenoxy) is 2. The van der Waals surface area contributed by atoms with Crippen LogP contribution in [0.4, 0.5) is 0 Å². The second-order valence-corrected chi connectivity index (χ2v) is 7.89. The quantitative estimate of drug-likeness (QED) is 0.467. The fourth-order valence-corrected chi connectivity index (χ4v) is 4.17. The molecule has 4 heterocycles. The molecule has 0 aliphatic carbocycles. The first-order chi connectivity index (χ1) is 14.6. The summed E-state index contributed by atoms with van der Waals surface area (Å²) in [6, 6.07) is 8.27. The molecule has 0 spiro atoms. The van der Waals surface area contributed by atoms with Gasteiger partial charge in [-0.05, 0) is 48.3 Å². The molecule has 1 aliphatic heterocycles. The molecule has 2 bridgehead atoms. The molecule has 9 heteroatoms. The number of aromatic nitrogens is 5. The van der Waals surface area contributed by atoms with Gasteiger partial charge in [0.15, 0.2) is 0 Å². The van der Waals surface area contributed by atoms with Crippen molar-refractivity contribution in [2.24, 2.45) is 7.05 Å². The van der Waals surface area contributed by atoms with Crippen LogP contribution in [0.2, 0.25) is 0 Å². The standard InChI is InChI=1S/C21H18N6O2S/c1-12-10-28-11-19-14(20(8-22)30-26-19)4-6-18-15-7-13(3-5-17(15)24-25-18)16-9-23-27(2)21(16)29-12/h3-7,9,12H,10-11H2,1-2H3,(H,24,25)/b6-4+/t12-/m0/s1. The van der Waals surface area contributed by atoms with Gasteiger partial charge in [0.25, 0.3) is 0 Å². The summed E-state index contributed by atoms with van der Waals surface area (Å²) in [6.07, 6.45) is 5.44. The van der Waals surface area contributed by atoms with Gasteiger partial charge in [-0.25, -0.2) is 4.68 Å². The molecule has 0 fully saturated rings. The fraction of sp³-hybridized carbons (Fsp3) is 0.238. The van der Waals surface area contributed by atoms with E-state index >= 15 is 0 Å². The molecule has 0 amide bonds. The maximum Gasteiger partial charge on any atom is 0.219 e. The molecule has 8 nitrogen and oxygen atoms in total. The van der Waals surface area contributed by atoms with Gasteiger partial charge in [0, 0.05) is 18.0 Å². The molecule has 0 saturated carbocycles. The number of hydrogen-bond donors (Lipinski definition) is 1. The number of H-pyrrole nitrogens is 1. The predicted molar refractivity (Wildman–Crippen MR) is 114 cm³/mol. The van der Waals surface area contributed by atoms with Gasteiger partial charge in [0.05, 0.1) is 41.9 Å². The molecule has 1 aromatic carbocycles. The number of hydrogen-bond acceptors (Lipinski definition) is 7. The number of nitrogens with zero attached hydrogens (tertiary/aromatic N) is 5. The second-order valence-electron chi connectivity index (χ2n) is 7.12. The molecule has 3 aromatic heterocycles. The van der Waals surface area contributed by atoms with Crippen LogP contribution in [0.15, 0.2) is 24.4 Å². The molecule has 30 heavy (non-hydrogen) atoms. The van der Waals surface area contributed by atoms with E-state index in [0.29, 0.717) is 24.0 Å². The highest BCUT2D eigenvalue weighted by molar-refractivity contribution is 7.06. The first-order valence-corrected chi connectivity index (χ1v) is 10.2. The number of rotatable bonds is 0. The summed E-state index contributed by atoms with van der Waals surface area (Å²) in [5.74, 6) is 0.682. The fourth-order valence-electron chi connectivity index (χ4n) is 3.49. The summed E-state index contributed by atoms with van der Waals surface area (Å²) >= 11 is 1.18. The minimum absolute atomic E-state index is 0.189. The average molecular weight is 418 g/mol. The zero-order valence-corrected chi connectivity index (χ0v) is 17.2. The Bertz CT molecular complexity index is 1310. The van der Waals surface area contributed by atoms with Crippen LogP contribution in [-0.2, 0) is 18.4 Å². The third-order valence-corrected chi connectivity index (χ3v) is 5.81. The second kappa shape index (κ2) is 7.40. The summed E-state index contributed by atoms with van der Waals surface area (Å²) in [6.45, 7) is 2.64. The van der Waals surface area contributed by atoms with Crippen LogP contribution in [0.3, 0.4) is 0 Å². The molecule has 1 aliphatic rings. The molecule has 5 rings (SSSR count). The van der Waals surface area contributed by atoms with Crippen LogP contribution >= 0.6 is 11.5 Å². The maximum atomic E-state index is 9.46. The van der Waals surface area contributed by atoms with Crippen LogP contribution in [0.5, 0.6) is 5.88 Å². The molecule has 4 aromatic rings. The third-order valence-electron chi connectivity index (χ3n) is 5.00. The Kier molecular flexibility index (Phi) is 4.58. The van der Waals surface area contributed by atoms with Crippen molar-refractivity contribution in [3.8, 4) is 23.1 Å². The SMILES string of the molecule is C[C@H]1COCc2nsc(C#N)c2/C=C/c2[nH]nc3ccc(cc23)-c2cnn(C)c2O1. The normalized spacial score (nSPS) is 17.4. The molecular weight excluding hydrogens is 400 g/mol.